The zero-order chi connectivity index (χ0) is 19.1. The first-order valence-electron chi connectivity index (χ1n) is 9.10. The first-order valence-corrected chi connectivity index (χ1v) is 9.10. The van der Waals surface area contributed by atoms with Crippen molar-refractivity contribution in [2.45, 2.75) is 19.4 Å². The number of carbonyl (C=O) groups is 1. The third-order valence-corrected chi connectivity index (χ3v) is 4.65. The number of nitrogens with zero attached hydrogens (tertiary/aromatic N) is 1. The Hall–Kier alpha value is -2.95. The van der Waals surface area contributed by atoms with Crippen molar-refractivity contribution in [1.29, 1.82) is 0 Å². The van der Waals surface area contributed by atoms with Gasteiger partial charge in [-0.1, -0.05) is 24.3 Å². The average molecular weight is 367 g/mol. The lowest BCUT2D eigenvalue weighted by Crippen LogP contribution is -2.17. The monoisotopic (exact) mass is 367 g/mol. The van der Waals surface area contributed by atoms with E-state index in [-0.39, 0.29) is 0 Å². The Balaban J connectivity index is 1.72. The summed E-state index contributed by atoms with van der Waals surface area (Å²) in [5, 5.41) is 0. The van der Waals surface area contributed by atoms with E-state index in [1.54, 1.807) is 0 Å². The zero-order valence-electron chi connectivity index (χ0n) is 15.8. The molecule has 2 aromatic rings. The lowest BCUT2D eigenvalue weighted by molar-refractivity contribution is -0.133. The minimum Gasteiger partial charge on any atom is -0.503 e. The van der Waals surface area contributed by atoms with Crippen LogP contribution >= 0.6 is 0 Å². The summed E-state index contributed by atoms with van der Waals surface area (Å²) in [6, 6.07) is 15.7. The van der Waals surface area contributed by atoms with Gasteiger partial charge in [0.05, 0.1) is 20.5 Å². The second kappa shape index (κ2) is 9.12. The zero-order valence-corrected chi connectivity index (χ0v) is 15.8. The van der Waals surface area contributed by atoms with Crippen LogP contribution in [0.25, 0.3) is 5.57 Å². The Labute approximate surface area is 160 Å². The van der Waals surface area contributed by atoms with Crippen LogP contribution in [0.15, 0.2) is 54.8 Å². The maximum Gasteiger partial charge on any atom is 0.341 e. The fourth-order valence-electron chi connectivity index (χ4n) is 3.25. The molecule has 1 heterocycles. The van der Waals surface area contributed by atoms with Crippen LogP contribution in [0.5, 0.6) is 5.75 Å². The molecule has 2 aromatic carbocycles. The van der Waals surface area contributed by atoms with Crippen LogP contribution in [-0.4, -0.2) is 33.3 Å². The summed E-state index contributed by atoms with van der Waals surface area (Å²) in [4.78, 5) is 14.5. The number of hydrogen-bond donors (Lipinski definition) is 0. The van der Waals surface area contributed by atoms with Crippen LogP contribution in [0.3, 0.4) is 0 Å². The van der Waals surface area contributed by atoms with Gasteiger partial charge in [-0.05, 0) is 48.2 Å². The molecule has 142 valence electrons. The van der Waals surface area contributed by atoms with E-state index < -0.39 is 5.97 Å². The normalized spacial score (nSPS) is 14.1. The molecule has 5 heteroatoms. The lowest BCUT2D eigenvalue weighted by atomic mass is 10.0. The number of methoxy groups -OCH3 is 2. The van der Waals surface area contributed by atoms with Crippen molar-refractivity contribution in [3.63, 3.8) is 0 Å². The molecule has 0 aromatic heterocycles. The van der Waals surface area contributed by atoms with Crippen LogP contribution in [0, 0.1) is 0 Å². The SMILES string of the molecule is CO/C=C(/C(=O)OC)c1ccccc1COc1ccc(N2CCCC2)cc1. The number of anilines is 1. The molecule has 0 amide bonds. The molecule has 0 saturated carbocycles. The van der Waals surface area contributed by atoms with Crippen LogP contribution < -0.4 is 9.64 Å². The maximum absolute atomic E-state index is 12.1. The second-order valence-corrected chi connectivity index (χ2v) is 6.39. The highest BCUT2D eigenvalue weighted by atomic mass is 16.5. The van der Waals surface area contributed by atoms with Gasteiger partial charge < -0.3 is 19.1 Å². The van der Waals surface area contributed by atoms with Crippen molar-refractivity contribution in [1.82, 2.24) is 0 Å². The number of esters is 1. The molecule has 3 rings (SSSR count). The summed E-state index contributed by atoms with van der Waals surface area (Å²) in [6.07, 6.45) is 3.91. The Morgan fingerprint density at radius 3 is 2.41 bits per heavy atom. The van der Waals surface area contributed by atoms with E-state index in [1.807, 2.05) is 36.4 Å². The van der Waals surface area contributed by atoms with E-state index in [0.717, 1.165) is 30.0 Å². The van der Waals surface area contributed by atoms with Gasteiger partial charge in [0.15, 0.2) is 0 Å². The summed E-state index contributed by atoms with van der Waals surface area (Å²) < 4.78 is 15.9. The van der Waals surface area contributed by atoms with Gasteiger partial charge in [0.1, 0.15) is 17.9 Å². The number of carbonyl (C=O) groups excluding carboxylic acids is 1. The van der Waals surface area contributed by atoms with E-state index in [4.69, 9.17) is 14.2 Å². The molecule has 1 saturated heterocycles. The standard InChI is InChI=1S/C22H25NO4/c1-25-16-21(22(24)26-2)20-8-4-3-7-17(20)15-27-19-11-9-18(10-12-19)23-13-5-6-14-23/h3-4,7-12,16H,5-6,13-15H2,1-2H3/b21-16+. The fraction of sp³-hybridized carbons (Fsp3) is 0.318. The predicted octanol–water partition coefficient (Wildman–Crippen LogP) is 4.03. The van der Waals surface area contributed by atoms with Crippen LogP contribution in [0.2, 0.25) is 0 Å². The molecule has 27 heavy (non-hydrogen) atoms. The van der Waals surface area contributed by atoms with Crippen LogP contribution in [-0.2, 0) is 20.9 Å². The molecule has 1 aliphatic heterocycles. The lowest BCUT2D eigenvalue weighted by Gasteiger charge is -2.18. The molecule has 0 spiro atoms. The van der Waals surface area contributed by atoms with Gasteiger partial charge in [0.2, 0.25) is 0 Å². The highest BCUT2D eigenvalue weighted by Crippen LogP contribution is 2.25. The van der Waals surface area contributed by atoms with Crippen molar-refractivity contribution in [2.75, 3.05) is 32.2 Å². The van der Waals surface area contributed by atoms with Crippen molar-refractivity contribution >= 4 is 17.2 Å². The molecule has 0 unspecified atom stereocenters. The molecule has 5 nitrogen and oxygen atoms in total. The Kier molecular flexibility index (Phi) is 6.36. The number of benzene rings is 2. The highest BCUT2D eigenvalue weighted by Gasteiger charge is 2.17. The summed E-state index contributed by atoms with van der Waals surface area (Å²) >= 11 is 0. The van der Waals surface area contributed by atoms with Gasteiger partial charge in [0, 0.05) is 18.8 Å². The highest BCUT2D eigenvalue weighted by molar-refractivity contribution is 6.16. The molecule has 0 N–H and O–H groups in total. The molecule has 1 fully saturated rings. The first kappa shape index (κ1) is 18.8. The predicted molar refractivity (Wildman–Crippen MR) is 106 cm³/mol. The van der Waals surface area contributed by atoms with Crippen molar-refractivity contribution < 1.29 is 19.0 Å². The van der Waals surface area contributed by atoms with Crippen LogP contribution in [0.4, 0.5) is 5.69 Å². The van der Waals surface area contributed by atoms with Crippen molar-refractivity contribution in [3.8, 4) is 5.75 Å². The van der Waals surface area contributed by atoms with Crippen LogP contribution in [0.1, 0.15) is 24.0 Å². The van der Waals surface area contributed by atoms with E-state index in [0.29, 0.717) is 12.2 Å². The second-order valence-electron chi connectivity index (χ2n) is 6.39. The number of ether oxygens (including phenoxy) is 3. The maximum atomic E-state index is 12.1. The van der Waals surface area contributed by atoms with E-state index in [1.165, 1.54) is 39.0 Å². The molecule has 1 aliphatic rings. The topological polar surface area (TPSA) is 48.0 Å². The number of hydrogen-bond acceptors (Lipinski definition) is 5. The fourth-order valence-corrected chi connectivity index (χ4v) is 3.25. The quantitative estimate of drug-likeness (QED) is 0.420. The smallest absolute Gasteiger partial charge is 0.341 e. The van der Waals surface area contributed by atoms with Gasteiger partial charge in [0.25, 0.3) is 0 Å². The average Bonchev–Trinajstić information content (AvgIpc) is 3.25. The Morgan fingerprint density at radius 1 is 1.04 bits per heavy atom. The largest absolute Gasteiger partial charge is 0.503 e. The Bertz CT molecular complexity index is 792. The molecule has 0 bridgehead atoms. The van der Waals surface area contributed by atoms with E-state index in [9.17, 15) is 4.79 Å². The molecular weight excluding hydrogens is 342 g/mol. The molecule has 0 radical (unpaired) electrons. The van der Waals surface area contributed by atoms with E-state index >= 15 is 0 Å². The van der Waals surface area contributed by atoms with E-state index in [2.05, 4.69) is 17.0 Å². The van der Waals surface area contributed by atoms with Gasteiger partial charge in [-0.25, -0.2) is 4.79 Å². The molecule has 0 atom stereocenters. The first-order chi connectivity index (χ1) is 13.2. The third-order valence-electron chi connectivity index (χ3n) is 4.65. The van der Waals surface area contributed by atoms with Gasteiger partial charge in [-0.3, -0.25) is 0 Å². The minimum atomic E-state index is -0.445. The molecular formula is C22H25NO4. The third kappa shape index (κ3) is 4.61. The summed E-state index contributed by atoms with van der Waals surface area (Å²) in [5.41, 5.74) is 3.22. The van der Waals surface area contributed by atoms with Gasteiger partial charge in [-0.2, -0.15) is 0 Å². The summed E-state index contributed by atoms with van der Waals surface area (Å²) in [6.45, 7) is 2.59. The van der Waals surface area contributed by atoms with Gasteiger partial charge in [-0.15, -0.1) is 0 Å². The minimum absolute atomic E-state index is 0.345. The summed E-state index contributed by atoms with van der Waals surface area (Å²) in [7, 11) is 2.86. The Morgan fingerprint density at radius 2 is 1.74 bits per heavy atom. The number of rotatable bonds is 7. The molecule has 0 aliphatic carbocycles. The van der Waals surface area contributed by atoms with Gasteiger partial charge >= 0.3 is 5.97 Å². The van der Waals surface area contributed by atoms with Crippen molar-refractivity contribution in [3.05, 3.63) is 65.9 Å². The van der Waals surface area contributed by atoms with Crippen molar-refractivity contribution in [2.24, 2.45) is 0 Å². The summed E-state index contributed by atoms with van der Waals surface area (Å²) in [5.74, 6) is 0.349.